The lowest BCUT2D eigenvalue weighted by atomic mass is 10.1. The maximum Gasteiger partial charge on any atom is 0.267 e. The number of anilines is 2. The summed E-state index contributed by atoms with van der Waals surface area (Å²) >= 11 is 19.0. The highest BCUT2D eigenvalue weighted by Gasteiger charge is 2.42. The molecule has 3 amide bonds. The number of para-hydroxylation sites is 2. The van der Waals surface area contributed by atoms with Gasteiger partial charge in [-0.25, -0.2) is 0 Å². The first kappa shape index (κ1) is 24.5. The Morgan fingerprint density at radius 2 is 1.53 bits per heavy atom. The highest BCUT2D eigenvalue weighted by atomic mass is 35.5. The summed E-state index contributed by atoms with van der Waals surface area (Å²) in [5.74, 6) is -1.23. The second kappa shape index (κ2) is 10.1. The number of rotatable bonds is 5. The first-order valence-corrected chi connectivity index (χ1v) is 12.8. The second-order valence-corrected chi connectivity index (χ2v) is 10.4. The molecule has 3 aromatic carbocycles. The minimum Gasteiger partial charge on any atom is -0.323 e. The average molecular weight is 554 g/mol. The molecule has 0 spiro atoms. The predicted octanol–water partition coefficient (Wildman–Crippen LogP) is 5.75. The summed E-state index contributed by atoms with van der Waals surface area (Å²) in [5.41, 5.74) is 2.55. The molecule has 6 nitrogen and oxygen atoms in total. The van der Waals surface area contributed by atoms with Crippen molar-refractivity contribution in [2.75, 3.05) is 16.8 Å². The molecule has 2 heterocycles. The van der Waals surface area contributed by atoms with Crippen LogP contribution < -0.4 is 10.2 Å². The lowest BCUT2D eigenvalue weighted by molar-refractivity contribution is -0.122. The van der Waals surface area contributed by atoms with Gasteiger partial charge in [0.1, 0.15) is 10.9 Å². The molecular weight excluding hydrogens is 537 g/mol. The summed E-state index contributed by atoms with van der Waals surface area (Å²) in [5, 5.41) is 3.65. The molecule has 3 aromatic rings. The summed E-state index contributed by atoms with van der Waals surface area (Å²) < 4.78 is 0.336. The van der Waals surface area contributed by atoms with Crippen molar-refractivity contribution < 1.29 is 14.4 Å². The van der Waals surface area contributed by atoms with Crippen molar-refractivity contribution in [3.63, 3.8) is 0 Å². The molecule has 2 aliphatic rings. The number of thiocarbonyl (C=S) groups is 1. The Morgan fingerprint density at radius 1 is 0.861 bits per heavy atom. The van der Waals surface area contributed by atoms with E-state index in [-0.39, 0.29) is 29.5 Å². The Balaban J connectivity index is 1.44. The first-order valence-electron chi connectivity index (χ1n) is 10.8. The number of benzene rings is 3. The largest absolute Gasteiger partial charge is 0.323 e. The molecule has 180 valence electrons. The smallest absolute Gasteiger partial charge is 0.267 e. The molecule has 0 aliphatic carbocycles. The fourth-order valence-corrected chi connectivity index (χ4v) is 5.74. The van der Waals surface area contributed by atoms with Gasteiger partial charge in [0.15, 0.2) is 0 Å². The van der Waals surface area contributed by atoms with E-state index in [0.29, 0.717) is 31.3 Å². The van der Waals surface area contributed by atoms with Crippen molar-refractivity contribution in [2.45, 2.75) is 6.54 Å². The van der Waals surface area contributed by atoms with Crippen molar-refractivity contribution in [2.24, 2.45) is 0 Å². The third-order valence-corrected chi connectivity index (χ3v) is 7.88. The number of nitrogens with zero attached hydrogens (tertiary/aromatic N) is 2. The van der Waals surface area contributed by atoms with Crippen LogP contribution in [0.5, 0.6) is 0 Å². The summed E-state index contributed by atoms with van der Waals surface area (Å²) in [6, 6.07) is 21.1. The predicted molar refractivity (Wildman–Crippen MR) is 148 cm³/mol. The molecule has 0 atom stereocenters. The van der Waals surface area contributed by atoms with Crippen LogP contribution in [0.3, 0.4) is 0 Å². The van der Waals surface area contributed by atoms with Crippen LogP contribution in [-0.4, -0.2) is 33.5 Å². The Labute approximate surface area is 226 Å². The van der Waals surface area contributed by atoms with Crippen LogP contribution in [0.2, 0.25) is 10.0 Å². The Morgan fingerprint density at radius 3 is 2.28 bits per heavy atom. The number of hydrogen-bond acceptors (Lipinski definition) is 5. The minimum absolute atomic E-state index is 0.195. The third-order valence-electron chi connectivity index (χ3n) is 5.74. The van der Waals surface area contributed by atoms with Crippen LogP contribution in [0.25, 0.3) is 5.57 Å². The van der Waals surface area contributed by atoms with Crippen LogP contribution in [0, 0.1) is 0 Å². The van der Waals surface area contributed by atoms with Gasteiger partial charge in [-0.15, -0.1) is 0 Å². The van der Waals surface area contributed by atoms with Gasteiger partial charge in [0, 0.05) is 10.6 Å². The molecule has 2 aliphatic heterocycles. The number of amides is 3. The maximum absolute atomic E-state index is 13.6. The van der Waals surface area contributed by atoms with Gasteiger partial charge in [0.2, 0.25) is 5.91 Å². The lowest BCUT2D eigenvalue weighted by Gasteiger charge is -2.17. The van der Waals surface area contributed by atoms with E-state index in [1.807, 2.05) is 18.2 Å². The van der Waals surface area contributed by atoms with Gasteiger partial charge in [-0.1, -0.05) is 95.7 Å². The van der Waals surface area contributed by atoms with Crippen molar-refractivity contribution in [3.8, 4) is 0 Å². The summed E-state index contributed by atoms with van der Waals surface area (Å²) in [4.78, 5) is 42.9. The van der Waals surface area contributed by atoms with Gasteiger partial charge in [0.25, 0.3) is 11.8 Å². The summed E-state index contributed by atoms with van der Waals surface area (Å²) in [7, 11) is 0. The second-order valence-electron chi connectivity index (χ2n) is 7.99. The maximum atomic E-state index is 13.6. The van der Waals surface area contributed by atoms with E-state index < -0.39 is 11.8 Å². The summed E-state index contributed by atoms with van der Waals surface area (Å²) in [6.45, 7) is -0.0502. The van der Waals surface area contributed by atoms with Crippen LogP contribution >= 0.6 is 47.2 Å². The fourth-order valence-electron chi connectivity index (χ4n) is 4.04. The highest BCUT2D eigenvalue weighted by Crippen LogP contribution is 2.45. The monoisotopic (exact) mass is 553 g/mol. The Bertz CT molecular complexity index is 1470. The van der Waals surface area contributed by atoms with Crippen LogP contribution in [0.1, 0.15) is 11.1 Å². The molecule has 1 saturated heterocycles. The number of halogens is 2. The average Bonchev–Trinajstić information content (AvgIpc) is 3.29. The van der Waals surface area contributed by atoms with E-state index in [2.05, 4.69) is 5.32 Å². The van der Waals surface area contributed by atoms with Gasteiger partial charge in [-0.05, 0) is 29.8 Å². The van der Waals surface area contributed by atoms with E-state index >= 15 is 0 Å². The number of carbonyl (C=O) groups is 3. The van der Waals surface area contributed by atoms with Crippen molar-refractivity contribution in [1.82, 2.24) is 4.90 Å². The first-order chi connectivity index (χ1) is 17.3. The number of fused-ring (bicyclic) bond motifs is 1. The highest BCUT2D eigenvalue weighted by molar-refractivity contribution is 8.26. The minimum atomic E-state index is -0.441. The van der Waals surface area contributed by atoms with Crippen molar-refractivity contribution in [1.29, 1.82) is 0 Å². The Kier molecular flexibility index (Phi) is 6.85. The molecule has 0 radical (unpaired) electrons. The van der Waals surface area contributed by atoms with E-state index in [1.54, 1.807) is 54.6 Å². The van der Waals surface area contributed by atoms with Crippen molar-refractivity contribution in [3.05, 3.63) is 98.9 Å². The molecule has 1 fully saturated rings. The molecule has 5 rings (SSSR count). The van der Waals surface area contributed by atoms with E-state index in [4.69, 9.17) is 35.4 Å². The quantitative estimate of drug-likeness (QED) is 0.321. The van der Waals surface area contributed by atoms with Crippen LogP contribution in [-0.2, 0) is 20.9 Å². The SMILES string of the molecule is O=C(CN1C(=O)C(=C2SC(=S)N(Cc3ccccc3Cl)C2=O)c2ccccc21)Nc1ccccc1Cl. The zero-order valence-electron chi connectivity index (χ0n) is 18.5. The van der Waals surface area contributed by atoms with E-state index in [0.717, 1.165) is 17.3 Å². The molecule has 0 bridgehead atoms. The van der Waals surface area contributed by atoms with Gasteiger partial charge < -0.3 is 5.32 Å². The number of thioether (sulfide) groups is 1. The zero-order chi connectivity index (χ0) is 25.4. The van der Waals surface area contributed by atoms with Gasteiger partial charge in [-0.2, -0.15) is 0 Å². The van der Waals surface area contributed by atoms with Crippen LogP contribution in [0.15, 0.2) is 77.7 Å². The third kappa shape index (κ3) is 4.53. The molecule has 10 heteroatoms. The van der Waals surface area contributed by atoms with E-state index in [9.17, 15) is 14.4 Å². The number of nitrogens with one attached hydrogen (secondary N) is 1. The summed E-state index contributed by atoms with van der Waals surface area (Å²) in [6.07, 6.45) is 0. The molecule has 36 heavy (non-hydrogen) atoms. The molecule has 0 unspecified atom stereocenters. The van der Waals surface area contributed by atoms with Crippen LogP contribution in [0.4, 0.5) is 11.4 Å². The zero-order valence-corrected chi connectivity index (χ0v) is 21.7. The normalized spacial score (nSPS) is 17.1. The number of hydrogen-bond donors (Lipinski definition) is 1. The molecular formula is C26H17Cl2N3O3S2. The van der Waals surface area contributed by atoms with Gasteiger partial charge >= 0.3 is 0 Å². The van der Waals surface area contributed by atoms with Gasteiger partial charge in [-0.3, -0.25) is 24.2 Å². The molecule has 1 N–H and O–H groups in total. The Hall–Kier alpha value is -3.17. The molecule has 0 aromatic heterocycles. The lowest BCUT2D eigenvalue weighted by Crippen LogP contribution is -2.35. The fraction of sp³-hybridized carbons (Fsp3) is 0.0769. The van der Waals surface area contributed by atoms with Crippen molar-refractivity contribution >= 4 is 86.2 Å². The standard InChI is InChI=1S/C26H17Cl2N3O3S2/c27-17-9-3-1-7-15(17)13-31-25(34)23(36-26(31)35)22-16-8-2-6-12-20(16)30(24(22)33)14-21(32)29-19-11-5-4-10-18(19)28/h1-12H,13-14H2,(H,29,32). The number of carbonyl (C=O) groups excluding carboxylic acids is 3. The molecule has 0 saturated carbocycles. The van der Waals surface area contributed by atoms with E-state index in [1.165, 1.54) is 9.80 Å². The van der Waals surface area contributed by atoms with Gasteiger partial charge in [0.05, 0.1) is 33.4 Å². The topological polar surface area (TPSA) is 69.7 Å².